The summed E-state index contributed by atoms with van der Waals surface area (Å²) in [6.07, 6.45) is 0.821. The number of benzene rings is 1. The lowest BCUT2D eigenvalue weighted by atomic mass is 10.1. The molecule has 0 amide bonds. The molecule has 1 aromatic rings. The summed E-state index contributed by atoms with van der Waals surface area (Å²) in [5.41, 5.74) is 3.66. The molecule has 2 aliphatic heterocycles. The second-order valence-corrected chi connectivity index (χ2v) is 4.46. The van der Waals surface area contributed by atoms with Crippen LogP contribution in [0.25, 0.3) is 22.6 Å². The fourth-order valence-electron chi connectivity index (χ4n) is 1.95. The Kier molecular flexibility index (Phi) is 2.76. The van der Waals surface area contributed by atoms with Gasteiger partial charge in [0.1, 0.15) is 11.5 Å². The molecular weight excluding hydrogens is 246 g/mol. The standard InChI is InChI=1S/C14H12ClN3/c1-2-12-16-11-8-10(9-6-4-3-5-7-9)17-13(11)14(15)18-12/h3-8H,2H2,1H3,(H,16,18). The van der Waals surface area contributed by atoms with E-state index in [0.29, 0.717) is 5.15 Å². The van der Waals surface area contributed by atoms with Crippen molar-refractivity contribution in [2.24, 2.45) is 0 Å². The van der Waals surface area contributed by atoms with Crippen LogP contribution < -0.4 is 0 Å². The van der Waals surface area contributed by atoms with Crippen molar-refractivity contribution < 1.29 is 0 Å². The van der Waals surface area contributed by atoms with Gasteiger partial charge in [-0.15, -0.1) is 0 Å². The first kappa shape index (κ1) is 11.2. The van der Waals surface area contributed by atoms with E-state index in [0.717, 1.165) is 34.9 Å². The number of nitrogens with one attached hydrogen (secondary N) is 1. The third-order valence-corrected chi connectivity index (χ3v) is 3.14. The van der Waals surface area contributed by atoms with Gasteiger partial charge in [0.15, 0.2) is 5.15 Å². The molecule has 0 saturated heterocycles. The molecule has 2 aliphatic rings. The summed E-state index contributed by atoms with van der Waals surface area (Å²) in [5, 5.41) is 0.461. The third-order valence-electron chi connectivity index (χ3n) is 2.88. The molecule has 0 unspecified atom stereocenters. The number of H-pyrrole nitrogens is 1. The summed E-state index contributed by atoms with van der Waals surface area (Å²) < 4.78 is 0. The molecule has 3 nitrogen and oxygen atoms in total. The number of aromatic amines is 1. The molecule has 0 atom stereocenters. The van der Waals surface area contributed by atoms with Crippen LogP contribution in [0.4, 0.5) is 0 Å². The lowest BCUT2D eigenvalue weighted by molar-refractivity contribution is 0.940. The van der Waals surface area contributed by atoms with Crippen LogP contribution in [0.15, 0.2) is 36.4 Å². The largest absolute Gasteiger partial charge is 0.342 e. The number of halogens is 1. The van der Waals surface area contributed by atoms with Crippen LogP contribution in [0.5, 0.6) is 0 Å². The molecule has 0 aliphatic carbocycles. The van der Waals surface area contributed by atoms with Gasteiger partial charge >= 0.3 is 0 Å². The van der Waals surface area contributed by atoms with Crippen molar-refractivity contribution in [2.75, 3.05) is 0 Å². The normalized spacial score (nSPS) is 11.0. The van der Waals surface area contributed by atoms with Crippen molar-refractivity contribution in [3.8, 4) is 22.6 Å². The van der Waals surface area contributed by atoms with E-state index in [1.165, 1.54) is 0 Å². The molecule has 0 aromatic heterocycles. The summed E-state index contributed by atoms with van der Waals surface area (Å²) in [7, 11) is 0. The topological polar surface area (TPSA) is 41.6 Å². The van der Waals surface area contributed by atoms with Gasteiger partial charge in [-0.1, -0.05) is 48.9 Å². The van der Waals surface area contributed by atoms with E-state index in [-0.39, 0.29) is 0 Å². The molecule has 0 radical (unpaired) electrons. The molecule has 18 heavy (non-hydrogen) atoms. The summed E-state index contributed by atoms with van der Waals surface area (Å²) in [6, 6.07) is 12.1. The van der Waals surface area contributed by atoms with Gasteiger partial charge in [-0.05, 0) is 6.07 Å². The number of fused-ring (bicyclic) bond motifs is 1. The zero-order valence-electron chi connectivity index (χ0n) is 9.94. The average Bonchev–Trinajstić information content (AvgIpc) is 2.84. The van der Waals surface area contributed by atoms with E-state index >= 15 is 0 Å². The number of hydrogen-bond donors (Lipinski definition) is 1. The number of aryl methyl sites for hydroxylation is 1. The summed E-state index contributed by atoms with van der Waals surface area (Å²) in [5.74, 6) is 0.875. The zero-order valence-corrected chi connectivity index (χ0v) is 10.7. The number of rotatable bonds is 2. The third kappa shape index (κ3) is 1.87. The minimum Gasteiger partial charge on any atom is -0.342 e. The van der Waals surface area contributed by atoms with E-state index < -0.39 is 0 Å². The highest BCUT2D eigenvalue weighted by atomic mass is 35.5. The van der Waals surface area contributed by atoms with Crippen LogP contribution in [0, 0.1) is 0 Å². The van der Waals surface area contributed by atoms with Gasteiger partial charge in [0.2, 0.25) is 0 Å². The van der Waals surface area contributed by atoms with Crippen molar-refractivity contribution in [3.05, 3.63) is 47.4 Å². The predicted molar refractivity (Wildman–Crippen MR) is 72.8 cm³/mol. The second kappa shape index (κ2) is 4.42. The van der Waals surface area contributed by atoms with Crippen molar-refractivity contribution in [1.29, 1.82) is 0 Å². The minimum absolute atomic E-state index is 0.461. The van der Waals surface area contributed by atoms with Crippen molar-refractivity contribution in [1.82, 2.24) is 15.0 Å². The van der Waals surface area contributed by atoms with E-state index in [1.54, 1.807) is 0 Å². The smallest absolute Gasteiger partial charge is 0.158 e. The molecule has 4 heteroatoms. The quantitative estimate of drug-likeness (QED) is 0.710. The van der Waals surface area contributed by atoms with Crippen molar-refractivity contribution in [3.63, 3.8) is 0 Å². The van der Waals surface area contributed by atoms with Gasteiger partial charge < -0.3 is 4.98 Å². The molecule has 0 saturated carbocycles. The fraction of sp³-hybridized carbons (Fsp3) is 0.143. The molecule has 2 heterocycles. The molecule has 0 fully saturated rings. The van der Waals surface area contributed by atoms with E-state index in [2.05, 4.69) is 15.0 Å². The van der Waals surface area contributed by atoms with Gasteiger partial charge in [-0.3, -0.25) is 0 Å². The van der Waals surface area contributed by atoms with Gasteiger partial charge in [-0.2, -0.15) is 0 Å². The van der Waals surface area contributed by atoms with E-state index in [4.69, 9.17) is 11.6 Å². The highest BCUT2D eigenvalue weighted by molar-refractivity contribution is 6.31. The number of nitrogens with zero attached hydrogens (tertiary/aromatic N) is 2. The Morgan fingerprint density at radius 2 is 1.94 bits per heavy atom. The maximum Gasteiger partial charge on any atom is 0.158 e. The van der Waals surface area contributed by atoms with E-state index in [9.17, 15) is 0 Å². The van der Waals surface area contributed by atoms with Crippen LogP contribution in [-0.4, -0.2) is 15.0 Å². The number of hydrogen-bond acceptors (Lipinski definition) is 2. The van der Waals surface area contributed by atoms with Crippen LogP contribution in [0.1, 0.15) is 12.7 Å². The lowest BCUT2D eigenvalue weighted by Gasteiger charge is -2.03. The first-order chi connectivity index (χ1) is 8.78. The first-order valence-corrected chi connectivity index (χ1v) is 6.26. The second-order valence-electron chi connectivity index (χ2n) is 4.10. The summed E-state index contributed by atoms with van der Waals surface area (Å²) in [4.78, 5) is 12.1. The Bertz CT molecular complexity index is 646. The molecule has 0 bridgehead atoms. The molecule has 1 aromatic carbocycles. The SMILES string of the molecule is CCc1nc(Cl)c2nc(-c3ccccc3)cc-2[nH]1. The zero-order chi connectivity index (χ0) is 12.5. The summed E-state index contributed by atoms with van der Waals surface area (Å²) in [6.45, 7) is 2.04. The Balaban J connectivity index is 2.17. The number of aromatic nitrogens is 3. The van der Waals surface area contributed by atoms with Crippen molar-refractivity contribution >= 4 is 11.6 Å². The maximum atomic E-state index is 6.15. The summed E-state index contributed by atoms with van der Waals surface area (Å²) >= 11 is 6.15. The Hall–Kier alpha value is -1.87. The molecular formula is C14H12ClN3. The first-order valence-electron chi connectivity index (χ1n) is 5.88. The van der Waals surface area contributed by atoms with Crippen LogP contribution in [0.2, 0.25) is 5.15 Å². The van der Waals surface area contributed by atoms with Crippen LogP contribution in [0.3, 0.4) is 0 Å². The van der Waals surface area contributed by atoms with Gasteiger partial charge in [0.05, 0.1) is 11.4 Å². The molecule has 90 valence electrons. The molecule has 1 N–H and O–H groups in total. The van der Waals surface area contributed by atoms with Gasteiger partial charge in [0.25, 0.3) is 0 Å². The minimum atomic E-state index is 0.461. The Morgan fingerprint density at radius 1 is 1.17 bits per heavy atom. The van der Waals surface area contributed by atoms with Crippen LogP contribution in [-0.2, 0) is 6.42 Å². The maximum absolute atomic E-state index is 6.15. The Labute approximate surface area is 110 Å². The fourth-order valence-corrected chi connectivity index (χ4v) is 2.20. The van der Waals surface area contributed by atoms with Gasteiger partial charge in [0, 0.05) is 12.0 Å². The van der Waals surface area contributed by atoms with E-state index in [1.807, 2.05) is 43.3 Å². The molecule has 3 rings (SSSR count). The van der Waals surface area contributed by atoms with Crippen molar-refractivity contribution in [2.45, 2.75) is 13.3 Å². The highest BCUT2D eigenvalue weighted by Crippen LogP contribution is 2.31. The monoisotopic (exact) mass is 257 g/mol. The Morgan fingerprint density at radius 3 is 2.67 bits per heavy atom. The average molecular weight is 258 g/mol. The predicted octanol–water partition coefficient (Wildman–Crippen LogP) is 3.79. The highest BCUT2D eigenvalue weighted by Gasteiger charge is 2.16. The van der Waals surface area contributed by atoms with Crippen LogP contribution >= 0.6 is 11.6 Å². The van der Waals surface area contributed by atoms with Gasteiger partial charge in [-0.25, -0.2) is 9.97 Å². The molecule has 0 spiro atoms. The lowest BCUT2D eigenvalue weighted by Crippen LogP contribution is -1.96.